The molecular weight excluding hydrogens is 256 g/mol. The molecule has 0 unspecified atom stereocenters. The van der Waals surface area contributed by atoms with E-state index in [-0.39, 0.29) is 0 Å². The Kier molecular flexibility index (Phi) is 14.8. The zero-order valence-electron chi connectivity index (χ0n) is 15.6. The van der Waals surface area contributed by atoms with Gasteiger partial charge in [-0.3, -0.25) is 0 Å². The van der Waals surface area contributed by atoms with Crippen LogP contribution in [0.5, 0.6) is 0 Å². The van der Waals surface area contributed by atoms with E-state index in [2.05, 4.69) is 33.3 Å². The van der Waals surface area contributed by atoms with Gasteiger partial charge in [0.15, 0.2) is 0 Å². The number of quaternary nitrogens is 1. The second-order valence-corrected chi connectivity index (χ2v) is 7.26. The molecule has 0 aromatic rings. The van der Waals surface area contributed by atoms with Crippen LogP contribution in [0.15, 0.2) is 0 Å². The third kappa shape index (κ3) is 16.1. The van der Waals surface area contributed by atoms with Crippen molar-refractivity contribution in [3.8, 4) is 0 Å². The van der Waals surface area contributed by atoms with Crippen LogP contribution < -0.4 is 5.32 Å². The second-order valence-electron chi connectivity index (χ2n) is 7.26. The van der Waals surface area contributed by atoms with E-state index in [1.807, 2.05) is 0 Å². The molecule has 0 saturated heterocycles. The first kappa shape index (κ1) is 20.9. The van der Waals surface area contributed by atoms with Crippen molar-refractivity contribution in [3.63, 3.8) is 0 Å². The van der Waals surface area contributed by atoms with Crippen molar-refractivity contribution in [2.75, 3.05) is 40.3 Å². The van der Waals surface area contributed by atoms with Gasteiger partial charge in [-0.1, -0.05) is 64.7 Å². The zero-order valence-corrected chi connectivity index (χ0v) is 15.6. The van der Waals surface area contributed by atoms with E-state index < -0.39 is 0 Å². The maximum atomic E-state index is 3.60. The Bertz CT molecular complexity index is 202. The highest BCUT2D eigenvalue weighted by molar-refractivity contribution is 4.51. The van der Waals surface area contributed by atoms with E-state index in [1.165, 1.54) is 96.8 Å². The number of nitrogens with one attached hydrogen (secondary N) is 1. The molecule has 0 aliphatic heterocycles. The van der Waals surface area contributed by atoms with Crippen LogP contribution in [0, 0.1) is 0 Å². The Morgan fingerprint density at radius 2 is 1.10 bits per heavy atom. The fourth-order valence-electron chi connectivity index (χ4n) is 2.65. The maximum Gasteiger partial charge on any atom is 0.0794 e. The van der Waals surface area contributed by atoms with Crippen LogP contribution in [0.25, 0.3) is 0 Å². The third-order valence-electron chi connectivity index (χ3n) is 4.68. The van der Waals surface area contributed by atoms with E-state index in [4.69, 9.17) is 0 Å². The van der Waals surface area contributed by atoms with E-state index in [1.54, 1.807) is 0 Å². The standard InChI is InChI=1S/C19H43N2/c1-5-7-8-9-10-11-12-13-14-15-17-20-18-16-19-21(3,4)6-2/h20H,5-19H2,1-4H3/q+1. The minimum absolute atomic E-state index is 1.15. The van der Waals surface area contributed by atoms with Gasteiger partial charge in [-0.15, -0.1) is 0 Å². The molecular formula is C19H43N2+. The van der Waals surface area contributed by atoms with E-state index in [0.717, 1.165) is 4.48 Å². The van der Waals surface area contributed by atoms with Gasteiger partial charge < -0.3 is 9.80 Å². The SMILES string of the molecule is CCCCCCCCCCCCNCCC[N+](C)(C)CC. The van der Waals surface area contributed by atoms with Crippen molar-refractivity contribution in [1.82, 2.24) is 5.32 Å². The molecule has 0 rings (SSSR count). The maximum absolute atomic E-state index is 3.60. The van der Waals surface area contributed by atoms with Gasteiger partial charge in [0.1, 0.15) is 0 Å². The smallest absolute Gasteiger partial charge is 0.0794 e. The average molecular weight is 300 g/mol. The van der Waals surface area contributed by atoms with Gasteiger partial charge in [0.2, 0.25) is 0 Å². The molecule has 21 heavy (non-hydrogen) atoms. The van der Waals surface area contributed by atoms with E-state index in [0.29, 0.717) is 0 Å². The first-order chi connectivity index (χ1) is 10.1. The lowest BCUT2D eigenvalue weighted by Gasteiger charge is -2.28. The molecule has 0 aliphatic rings. The molecule has 0 radical (unpaired) electrons. The number of hydrogen-bond donors (Lipinski definition) is 1. The van der Waals surface area contributed by atoms with Crippen molar-refractivity contribution >= 4 is 0 Å². The Hall–Kier alpha value is -0.0800. The molecule has 1 N–H and O–H groups in total. The molecule has 0 aromatic heterocycles. The summed E-state index contributed by atoms with van der Waals surface area (Å²) in [6.07, 6.45) is 15.6. The van der Waals surface area contributed by atoms with Crippen molar-refractivity contribution in [1.29, 1.82) is 0 Å². The lowest BCUT2D eigenvalue weighted by Crippen LogP contribution is -2.41. The van der Waals surface area contributed by atoms with Gasteiger partial charge in [0.25, 0.3) is 0 Å². The number of unbranched alkanes of at least 4 members (excludes halogenated alkanes) is 9. The predicted octanol–water partition coefficient (Wildman–Crippen LogP) is 4.98. The highest BCUT2D eigenvalue weighted by Crippen LogP contribution is 2.10. The Balaban J connectivity index is 3.06. The van der Waals surface area contributed by atoms with Crippen LogP contribution in [-0.2, 0) is 0 Å². The Labute approximate surface area is 135 Å². The van der Waals surface area contributed by atoms with Gasteiger partial charge in [0.05, 0.1) is 27.2 Å². The van der Waals surface area contributed by atoms with Gasteiger partial charge in [-0.2, -0.15) is 0 Å². The van der Waals surface area contributed by atoms with E-state index in [9.17, 15) is 0 Å². The zero-order chi connectivity index (χ0) is 15.8. The van der Waals surface area contributed by atoms with Crippen molar-refractivity contribution in [3.05, 3.63) is 0 Å². The summed E-state index contributed by atoms with van der Waals surface area (Å²) < 4.78 is 1.15. The van der Waals surface area contributed by atoms with Crippen LogP contribution in [0.4, 0.5) is 0 Å². The lowest BCUT2D eigenvalue weighted by molar-refractivity contribution is -0.888. The quantitative estimate of drug-likeness (QED) is 0.313. The van der Waals surface area contributed by atoms with E-state index >= 15 is 0 Å². The summed E-state index contributed by atoms with van der Waals surface area (Å²) in [4.78, 5) is 0. The molecule has 0 heterocycles. The minimum Gasteiger partial charge on any atom is -0.329 e. The predicted molar refractivity (Wildman–Crippen MR) is 96.8 cm³/mol. The normalized spacial score (nSPS) is 12.0. The molecule has 2 nitrogen and oxygen atoms in total. The largest absolute Gasteiger partial charge is 0.329 e. The van der Waals surface area contributed by atoms with Crippen LogP contribution >= 0.6 is 0 Å². The molecule has 0 amide bonds. The Morgan fingerprint density at radius 1 is 0.619 bits per heavy atom. The minimum atomic E-state index is 1.15. The van der Waals surface area contributed by atoms with Crippen LogP contribution in [-0.4, -0.2) is 44.8 Å². The molecule has 0 fully saturated rings. The molecule has 2 heteroatoms. The van der Waals surface area contributed by atoms with Crippen LogP contribution in [0.3, 0.4) is 0 Å². The van der Waals surface area contributed by atoms with Gasteiger partial charge in [-0.25, -0.2) is 0 Å². The molecule has 128 valence electrons. The summed E-state index contributed by atoms with van der Waals surface area (Å²) in [6.45, 7) is 9.50. The number of nitrogens with zero attached hydrogens (tertiary/aromatic N) is 1. The van der Waals surface area contributed by atoms with Crippen LogP contribution in [0.1, 0.15) is 84.5 Å². The van der Waals surface area contributed by atoms with Crippen molar-refractivity contribution < 1.29 is 4.48 Å². The molecule has 0 aromatic carbocycles. The average Bonchev–Trinajstić information content (AvgIpc) is 2.47. The lowest BCUT2D eigenvalue weighted by atomic mass is 10.1. The third-order valence-corrected chi connectivity index (χ3v) is 4.68. The summed E-state index contributed by atoms with van der Waals surface area (Å²) in [5, 5.41) is 3.60. The van der Waals surface area contributed by atoms with Crippen molar-refractivity contribution in [2.45, 2.75) is 84.5 Å². The molecule has 0 bridgehead atoms. The summed E-state index contributed by atoms with van der Waals surface area (Å²) in [7, 11) is 4.64. The topological polar surface area (TPSA) is 12.0 Å². The van der Waals surface area contributed by atoms with Crippen molar-refractivity contribution in [2.24, 2.45) is 0 Å². The molecule has 0 spiro atoms. The number of hydrogen-bond acceptors (Lipinski definition) is 1. The summed E-state index contributed by atoms with van der Waals surface area (Å²) in [5.74, 6) is 0. The van der Waals surface area contributed by atoms with Gasteiger partial charge >= 0.3 is 0 Å². The second kappa shape index (κ2) is 14.8. The summed E-state index contributed by atoms with van der Waals surface area (Å²) in [5.41, 5.74) is 0. The summed E-state index contributed by atoms with van der Waals surface area (Å²) >= 11 is 0. The highest BCUT2D eigenvalue weighted by Gasteiger charge is 2.09. The molecule has 0 saturated carbocycles. The monoisotopic (exact) mass is 299 g/mol. The first-order valence-corrected chi connectivity index (χ1v) is 9.65. The fourth-order valence-corrected chi connectivity index (χ4v) is 2.65. The highest BCUT2D eigenvalue weighted by atomic mass is 15.3. The molecule has 0 atom stereocenters. The first-order valence-electron chi connectivity index (χ1n) is 9.65. The number of rotatable bonds is 16. The molecule has 0 aliphatic carbocycles. The summed E-state index contributed by atoms with van der Waals surface area (Å²) in [6, 6.07) is 0. The fraction of sp³-hybridized carbons (Fsp3) is 1.00. The van der Waals surface area contributed by atoms with Gasteiger partial charge in [0, 0.05) is 13.0 Å². The Morgan fingerprint density at radius 3 is 1.62 bits per heavy atom. The van der Waals surface area contributed by atoms with Crippen LogP contribution in [0.2, 0.25) is 0 Å². The van der Waals surface area contributed by atoms with Gasteiger partial charge in [-0.05, 0) is 19.9 Å².